The van der Waals surface area contributed by atoms with E-state index >= 15 is 0 Å². The van der Waals surface area contributed by atoms with Crippen LogP contribution in [0.15, 0.2) is 0 Å². The summed E-state index contributed by atoms with van der Waals surface area (Å²) in [6.07, 6.45) is 8.11. The number of carbonyl (C=O) groups is 1. The van der Waals surface area contributed by atoms with Crippen molar-refractivity contribution in [2.24, 2.45) is 52.3 Å². The SMILES string of the molecule is C[C@H](CCC[C@H](C)C(=O)O)[C@H]1CC[C@H]2[C@@H]3[C@H](O)C[C@@H]4C[C@H](O)CC[C@]4(C)[C@H]3C[C@H](O)[C@]12C. The molecule has 5 nitrogen and oxygen atoms in total. The summed E-state index contributed by atoms with van der Waals surface area (Å²) < 4.78 is 0. The number of hydrogen-bond acceptors (Lipinski definition) is 4. The largest absolute Gasteiger partial charge is 0.481 e. The molecule has 0 aliphatic heterocycles. The lowest BCUT2D eigenvalue weighted by molar-refractivity contribution is -0.207. The molecule has 0 saturated heterocycles. The van der Waals surface area contributed by atoms with Crippen LogP contribution in [-0.2, 0) is 4.79 Å². The van der Waals surface area contributed by atoms with Crippen molar-refractivity contribution in [3.63, 3.8) is 0 Å². The molecule has 32 heavy (non-hydrogen) atoms. The molecule has 184 valence electrons. The van der Waals surface area contributed by atoms with Gasteiger partial charge in [-0.3, -0.25) is 4.79 Å². The minimum absolute atomic E-state index is 0.113. The lowest BCUT2D eigenvalue weighted by Crippen LogP contribution is -2.62. The van der Waals surface area contributed by atoms with Gasteiger partial charge in [-0.05, 0) is 97.7 Å². The molecule has 0 amide bonds. The molecular weight excluding hydrogens is 404 g/mol. The van der Waals surface area contributed by atoms with Gasteiger partial charge < -0.3 is 20.4 Å². The Bertz CT molecular complexity index is 696. The number of hydrogen-bond donors (Lipinski definition) is 4. The molecule has 0 aromatic heterocycles. The topological polar surface area (TPSA) is 98.0 Å². The summed E-state index contributed by atoms with van der Waals surface area (Å²) in [6.45, 7) is 8.74. The van der Waals surface area contributed by atoms with Gasteiger partial charge in [-0.25, -0.2) is 0 Å². The Hall–Kier alpha value is -0.650. The third kappa shape index (κ3) is 3.84. The first kappa shape index (κ1) is 24.5. The zero-order valence-corrected chi connectivity index (χ0v) is 20.5. The number of fused-ring (bicyclic) bond motifs is 5. The van der Waals surface area contributed by atoms with Gasteiger partial charge in [0.15, 0.2) is 0 Å². The molecule has 4 aliphatic carbocycles. The van der Waals surface area contributed by atoms with E-state index in [2.05, 4.69) is 20.8 Å². The van der Waals surface area contributed by atoms with Gasteiger partial charge in [0.1, 0.15) is 0 Å². The number of carboxylic acids is 1. The van der Waals surface area contributed by atoms with E-state index in [9.17, 15) is 25.2 Å². The van der Waals surface area contributed by atoms with Gasteiger partial charge in [-0.2, -0.15) is 0 Å². The van der Waals surface area contributed by atoms with Crippen LogP contribution < -0.4 is 0 Å². The smallest absolute Gasteiger partial charge is 0.306 e. The van der Waals surface area contributed by atoms with Crippen molar-refractivity contribution in [1.82, 2.24) is 0 Å². The van der Waals surface area contributed by atoms with Crippen LogP contribution in [0.25, 0.3) is 0 Å². The summed E-state index contributed by atoms with van der Waals surface area (Å²) in [6, 6.07) is 0. The molecular formula is C27H46O5. The first-order valence-corrected chi connectivity index (χ1v) is 13.3. The number of aliphatic carboxylic acids is 1. The molecule has 4 rings (SSSR count). The van der Waals surface area contributed by atoms with Crippen LogP contribution in [0.5, 0.6) is 0 Å². The molecule has 4 saturated carbocycles. The lowest BCUT2D eigenvalue weighted by Gasteiger charge is -2.63. The maximum absolute atomic E-state index is 11.6. The van der Waals surface area contributed by atoms with E-state index in [1.165, 1.54) is 0 Å². The van der Waals surface area contributed by atoms with Crippen molar-refractivity contribution in [2.45, 2.75) is 110 Å². The minimum atomic E-state index is -0.715. The Labute approximate surface area is 194 Å². The molecule has 0 radical (unpaired) electrons. The molecule has 0 unspecified atom stereocenters. The predicted molar refractivity (Wildman–Crippen MR) is 124 cm³/mol. The van der Waals surface area contributed by atoms with Crippen LogP contribution in [0.1, 0.15) is 91.9 Å². The monoisotopic (exact) mass is 450 g/mol. The van der Waals surface area contributed by atoms with E-state index < -0.39 is 5.97 Å². The zero-order valence-electron chi connectivity index (χ0n) is 20.5. The number of aliphatic hydroxyl groups excluding tert-OH is 3. The average molecular weight is 451 g/mol. The molecule has 4 fully saturated rings. The van der Waals surface area contributed by atoms with Crippen molar-refractivity contribution in [3.05, 3.63) is 0 Å². The van der Waals surface area contributed by atoms with Gasteiger partial charge in [-0.1, -0.05) is 40.5 Å². The first-order valence-electron chi connectivity index (χ1n) is 13.3. The van der Waals surface area contributed by atoms with E-state index in [0.717, 1.165) is 57.8 Å². The fourth-order valence-corrected chi connectivity index (χ4v) is 9.20. The maximum Gasteiger partial charge on any atom is 0.306 e. The Balaban J connectivity index is 1.51. The van der Waals surface area contributed by atoms with Gasteiger partial charge in [0.05, 0.1) is 24.2 Å². The lowest BCUT2D eigenvalue weighted by atomic mass is 9.43. The molecule has 0 spiro atoms. The van der Waals surface area contributed by atoms with Crippen molar-refractivity contribution in [1.29, 1.82) is 0 Å². The minimum Gasteiger partial charge on any atom is -0.481 e. The highest BCUT2D eigenvalue weighted by Crippen LogP contribution is 2.68. The average Bonchev–Trinajstić information content (AvgIpc) is 3.08. The normalized spacial score (nSPS) is 50.1. The highest BCUT2D eigenvalue weighted by Gasteiger charge is 2.65. The molecule has 0 bridgehead atoms. The third-order valence-corrected chi connectivity index (χ3v) is 11.2. The Kier molecular flexibility index (Phi) is 6.77. The fourth-order valence-electron chi connectivity index (χ4n) is 9.20. The van der Waals surface area contributed by atoms with Crippen LogP contribution in [0.3, 0.4) is 0 Å². The van der Waals surface area contributed by atoms with Crippen LogP contribution in [-0.4, -0.2) is 44.7 Å². The molecule has 0 heterocycles. The summed E-state index contributed by atoms with van der Waals surface area (Å²) in [5.74, 6) is 1.16. The summed E-state index contributed by atoms with van der Waals surface area (Å²) >= 11 is 0. The van der Waals surface area contributed by atoms with Crippen LogP contribution >= 0.6 is 0 Å². The van der Waals surface area contributed by atoms with E-state index in [4.69, 9.17) is 0 Å². The van der Waals surface area contributed by atoms with Gasteiger partial charge in [0.25, 0.3) is 0 Å². The highest BCUT2D eigenvalue weighted by molar-refractivity contribution is 5.69. The second kappa shape index (κ2) is 8.85. The summed E-state index contributed by atoms with van der Waals surface area (Å²) in [5.41, 5.74) is -0.0561. The Morgan fingerprint density at radius 2 is 1.69 bits per heavy atom. The molecule has 4 N–H and O–H groups in total. The zero-order chi connectivity index (χ0) is 23.4. The number of carboxylic acid groups (broad SMARTS) is 1. The first-order chi connectivity index (χ1) is 15.0. The van der Waals surface area contributed by atoms with Crippen molar-refractivity contribution in [2.75, 3.05) is 0 Å². The van der Waals surface area contributed by atoms with Crippen molar-refractivity contribution >= 4 is 5.97 Å². The highest BCUT2D eigenvalue weighted by atomic mass is 16.4. The second-order valence-corrected chi connectivity index (χ2v) is 12.7. The van der Waals surface area contributed by atoms with Crippen LogP contribution in [0, 0.1) is 52.3 Å². The van der Waals surface area contributed by atoms with Crippen molar-refractivity contribution < 1.29 is 25.2 Å². The maximum atomic E-state index is 11.6. The summed E-state index contributed by atoms with van der Waals surface area (Å²) in [4.78, 5) is 11.2. The van der Waals surface area contributed by atoms with E-state index in [0.29, 0.717) is 36.0 Å². The predicted octanol–water partition coefficient (Wildman–Crippen LogP) is 4.47. The Morgan fingerprint density at radius 1 is 0.969 bits per heavy atom. The molecule has 5 heteroatoms. The van der Waals surface area contributed by atoms with E-state index in [-0.39, 0.29) is 41.0 Å². The van der Waals surface area contributed by atoms with E-state index in [1.54, 1.807) is 6.92 Å². The van der Waals surface area contributed by atoms with Gasteiger partial charge in [-0.15, -0.1) is 0 Å². The summed E-state index contributed by atoms with van der Waals surface area (Å²) in [5, 5.41) is 42.4. The second-order valence-electron chi connectivity index (χ2n) is 12.7. The molecule has 0 aromatic carbocycles. The van der Waals surface area contributed by atoms with Gasteiger partial charge in [0.2, 0.25) is 0 Å². The van der Waals surface area contributed by atoms with Gasteiger partial charge in [0, 0.05) is 0 Å². The van der Waals surface area contributed by atoms with Crippen LogP contribution in [0.2, 0.25) is 0 Å². The molecule has 4 aliphatic rings. The third-order valence-electron chi connectivity index (χ3n) is 11.2. The fraction of sp³-hybridized carbons (Fsp3) is 0.963. The van der Waals surface area contributed by atoms with Gasteiger partial charge >= 0.3 is 5.97 Å². The molecule has 12 atom stereocenters. The number of rotatable bonds is 6. The standard InChI is InChI=1S/C27H46O5/c1-15(6-5-7-16(2)25(31)32)19-8-9-20-24-21(14-23(30)27(19,20)4)26(3)11-10-18(28)12-17(26)13-22(24)29/h15-24,28-30H,5-14H2,1-4H3,(H,31,32)/t15-,16+,17+,18-,19-,20+,21+,22-,23+,24+,26+,27-/m1/s1. The molecule has 0 aromatic rings. The van der Waals surface area contributed by atoms with Crippen molar-refractivity contribution in [3.8, 4) is 0 Å². The van der Waals surface area contributed by atoms with Crippen LogP contribution in [0.4, 0.5) is 0 Å². The number of aliphatic hydroxyl groups is 3. The quantitative estimate of drug-likeness (QED) is 0.478. The summed E-state index contributed by atoms with van der Waals surface area (Å²) in [7, 11) is 0. The Morgan fingerprint density at radius 3 is 2.38 bits per heavy atom. The van der Waals surface area contributed by atoms with E-state index in [1.807, 2.05) is 0 Å².